The summed E-state index contributed by atoms with van der Waals surface area (Å²) in [5.41, 5.74) is 2.62. The third-order valence-corrected chi connectivity index (χ3v) is 2.68. The first-order valence-corrected chi connectivity index (χ1v) is 5.66. The molecule has 0 aliphatic carbocycles. The summed E-state index contributed by atoms with van der Waals surface area (Å²) in [6.45, 7) is 3.13. The quantitative estimate of drug-likeness (QED) is 0.807. The summed E-state index contributed by atoms with van der Waals surface area (Å²) in [6.07, 6.45) is 5.91. The Bertz CT molecular complexity index is 330. The number of nitrogens with one attached hydrogen (secondary N) is 1. The molecular formula is C13H18N2. The van der Waals surface area contributed by atoms with Gasteiger partial charge in [0.15, 0.2) is 0 Å². The van der Waals surface area contributed by atoms with Crippen LogP contribution in [-0.2, 0) is 0 Å². The smallest absolute Gasteiger partial charge is 0.0918 e. The lowest BCUT2D eigenvalue weighted by Crippen LogP contribution is -2.20. The van der Waals surface area contributed by atoms with E-state index in [1.165, 1.54) is 30.6 Å². The van der Waals surface area contributed by atoms with E-state index in [0.717, 1.165) is 6.67 Å². The Morgan fingerprint density at radius 3 is 2.80 bits per heavy atom. The summed E-state index contributed by atoms with van der Waals surface area (Å²) >= 11 is 0. The second kappa shape index (κ2) is 4.87. The first-order valence-electron chi connectivity index (χ1n) is 5.66. The van der Waals surface area contributed by atoms with Gasteiger partial charge in [0.25, 0.3) is 0 Å². The molecule has 0 bridgehead atoms. The minimum atomic E-state index is 0.906. The molecule has 80 valence electrons. The maximum absolute atomic E-state index is 3.43. The lowest BCUT2D eigenvalue weighted by molar-refractivity contribution is 0.735. The van der Waals surface area contributed by atoms with Crippen LogP contribution in [-0.4, -0.2) is 6.67 Å². The third-order valence-electron chi connectivity index (χ3n) is 2.68. The number of rotatable bonds is 4. The molecule has 1 aliphatic heterocycles. The average molecular weight is 202 g/mol. The highest BCUT2D eigenvalue weighted by Gasteiger charge is 2.11. The number of hydrogen-bond acceptors (Lipinski definition) is 2. The standard InChI is InChI=1S/C13H18N2/c1-2-3-7-12-10-15(11-14-12)13-8-5-4-6-9-13/h4-6,8-10,14H,2-3,7,11H2,1H3. The lowest BCUT2D eigenvalue weighted by atomic mass is 10.2. The van der Waals surface area contributed by atoms with Crippen LogP contribution in [0.1, 0.15) is 26.2 Å². The molecule has 1 aromatic carbocycles. The molecule has 2 heteroatoms. The molecule has 2 nitrogen and oxygen atoms in total. The highest BCUT2D eigenvalue weighted by atomic mass is 15.3. The van der Waals surface area contributed by atoms with E-state index < -0.39 is 0 Å². The van der Waals surface area contributed by atoms with Gasteiger partial charge < -0.3 is 10.2 Å². The molecule has 0 saturated heterocycles. The van der Waals surface area contributed by atoms with Gasteiger partial charge >= 0.3 is 0 Å². The molecule has 15 heavy (non-hydrogen) atoms. The summed E-state index contributed by atoms with van der Waals surface area (Å²) in [4.78, 5) is 2.25. The highest BCUT2D eigenvalue weighted by molar-refractivity contribution is 5.50. The first-order chi connectivity index (χ1) is 7.40. The Labute approximate surface area is 91.6 Å². The molecule has 0 unspecified atom stereocenters. The van der Waals surface area contributed by atoms with Crippen molar-refractivity contribution in [2.75, 3.05) is 11.6 Å². The Kier molecular flexibility index (Phi) is 3.28. The number of benzene rings is 1. The predicted molar refractivity (Wildman–Crippen MR) is 64.5 cm³/mol. The van der Waals surface area contributed by atoms with E-state index >= 15 is 0 Å². The van der Waals surface area contributed by atoms with Gasteiger partial charge in [0.2, 0.25) is 0 Å². The van der Waals surface area contributed by atoms with Crippen molar-refractivity contribution >= 4 is 5.69 Å². The van der Waals surface area contributed by atoms with Crippen LogP contribution < -0.4 is 10.2 Å². The van der Waals surface area contributed by atoms with Gasteiger partial charge in [0, 0.05) is 17.6 Å². The minimum Gasteiger partial charge on any atom is -0.370 e. The molecule has 1 heterocycles. The summed E-state index contributed by atoms with van der Waals surface area (Å²) in [7, 11) is 0. The fraction of sp³-hybridized carbons (Fsp3) is 0.385. The molecule has 0 radical (unpaired) electrons. The molecule has 0 saturated carbocycles. The lowest BCUT2D eigenvalue weighted by Gasteiger charge is -2.13. The van der Waals surface area contributed by atoms with Crippen LogP contribution in [0.2, 0.25) is 0 Å². The Morgan fingerprint density at radius 2 is 2.07 bits per heavy atom. The van der Waals surface area contributed by atoms with Crippen molar-refractivity contribution in [3.05, 3.63) is 42.2 Å². The van der Waals surface area contributed by atoms with Gasteiger partial charge in [0.1, 0.15) is 0 Å². The van der Waals surface area contributed by atoms with Gasteiger partial charge in [0.05, 0.1) is 6.67 Å². The van der Waals surface area contributed by atoms with E-state index in [0.29, 0.717) is 0 Å². The van der Waals surface area contributed by atoms with Gasteiger partial charge in [-0.1, -0.05) is 31.5 Å². The maximum Gasteiger partial charge on any atom is 0.0918 e. The Morgan fingerprint density at radius 1 is 1.27 bits per heavy atom. The molecule has 1 N–H and O–H groups in total. The minimum absolute atomic E-state index is 0.906. The molecule has 0 atom stereocenters. The van der Waals surface area contributed by atoms with Crippen molar-refractivity contribution in [3.8, 4) is 0 Å². The summed E-state index contributed by atoms with van der Waals surface area (Å²) in [5, 5.41) is 3.43. The highest BCUT2D eigenvalue weighted by Crippen LogP contribution is 2.19. The van der Waals surface area contributed by atoms with Crippen molar-refractivity contribution in [2.24, 2.45) is 0 Å². The van der Waals surface area contributed by atoms with Crippen molar-refractivity contribution in [2.45, 2.75) is 26.2 Å². The van der Waals surface area contributed by atoms with Gasteiger partial charge in [-0.25, -0.2) is 0 Å². The van der Waals surface area contributed by atoms with Crippen molar-refractivity contribution in [1.29, 1.82) is 0 Å². The Balaban J connectivity index is 1.99. The van der Waals surface area contributed by atoms with Gasteiger partial charge in [-0.2, -0.15) is 0 Å². The van der Waals surface area contributed by atoms with E-state index in [2.05, 4.69) is 53.7 Å². The van der Waals surface area contributed by atoms with Gasteiger partial charge in [-0.05, 0) is 25.0 Å². The molecule has 0 fully saturated rings. The average Bonchev–Trinajstić information content (AvgIpc) is 2.76. The van der Waals surface area contributed by atoms with Crippen LogP contribution in [0.25, 0.3) is 0 Å². The first kappa shape index (κ1) is 10.1. The topological polar surface area (TPSA) is 15.3 Å². The number of allylic oxidation sites excluding steroid dienone is 1. The number of hydrogen-bond donors (Lipinski definition) is 1. The van der Waals surface area contributed by atoms with Crippen LogP contribution in [0.15, 0.2) is 42.2 Å². The maximum atomic E-state index is 3.43. The molecule has 1 aromatic rings. The zero-order chi connectivity index (χ0) is 10.5. The number of anilines is 1. The van der Waals surface area contributed by atoms with Gasteiger partial charge in [-0.15, -0.1) is 0 Å². The zero-order valence-corrected chi connectivity index (χ0v) is 9.24. The fourth-order valence-corrected chi connectivity index (χ4v) is 1.77. The van der Waals surface area contributed by atoms with Crippen LogP contribution in [0.4, 0.5) is 5.69 Å². The second-order valence-electron chi connectivity index (χ2n) is 3.90. The second-order valence-corrected chi connectivity index (χ2v) is 3.90. The van der Waals surface area contributed by atoms with Crippen molar-refractivity contribution in [1.82, 2.24) is 5.32 Å². The molecule has 1 aliphatic rings. The Hall–Kier alpha value is -1.44. The molecule has 2 rings (SSSR count). The van der Waals surface area contributed by atoms with E-state index in [-0.39, 0.29) is 0 Å². The number of para-hydroxylation sites is 1. The molecular weight excluding hydrogens is 184 g/mol. The SMILES string of the molecule is CCCCC1=CN(c2ccccc2)CN1. The van der Waals surface area contributed by atoms with Crippen molar-refractivity contribution < 1.29 is 0 Å². The molecule has 0 spiro atoms. The van der Waals surface area contributed by atoms with Crippen LogP contribution in [0.3, 0.4) is 0 Å². The summed E-state index contributed by atoms with van der Waals surface area (Å²) < 4.78 is 0. The predicted octanol–water partition coefficient (Wildman–Crippen LogP) is 3.09. The molecule has 0 aromatic heterocycles. The summed E-state index contributed by atoms with van der Waals surface area (Å²) in [5.74, 6) is 0. The number of unbranched alkanes of at least 4 members (excludes halogenated alkanes) is 1. The monoisotopic (exact) mass is 202 g/mol. The van der Waals surface area contributed by atoms with E-state index in [4.69, 9.17) is 0 Å². The van der Waals surface area contributed by atoms with Crippen LogP contribution in [0, 0.1) is 0 Å². The largest absolute Gasteiger partial charge is 0.370 e. The number of nitrogens with zero attached hydrogens (tertiary/aromatic N) is 1. The summed E-state index contributed by atoms with van der Waals surface area (Å²) in [6, 6.07) is 10.5. The molecule has 0 amide bonds. The zero-order valence-electron chi connectivity index (χ0n) is 9.24. The third kappa shape index (κ3) is 2.52. The van der Waals surface area contributed by atoms with Gasteiger partial charge in [-0.3, -0.25) is 0 Å². The van der Waals surface area contributed by atoms with Crippen LogP contribution in [0.5, 0.6) is 0 Å². The van der Waals surface area contributed by atoms with Crippen molar-refractivity contribution in [3.63, 3.8) is 0 Å². The van der Waals surface area contributed by atoms with E-state index in [1.54, 1.807) is 0 Å². The van der Waals surface area contributed by atoms with Crippen LogP contribution >= 0.6 is 0 Å². The normalized spacial score (nSPS) is 15.0. The van der Waals surface area contributed by atoms with E-state index in [1.807, 2.05) is 0 Å². The van der Waals surface area contributed by atoms with E-state index in [9.17, 15) is 0 Å². The fourth-order valence-electron chi connectivity index (χ4n) is 1.77.